The largest absolute Gasteiger partial charge is 0.355 e. The zero-order valence-corrected chi connectivity index (χ0v) is 14.2. The van der Waals surface area contributed by atoms with Crippen molar-refractivity contribution < 1.29 is 9.59 Å². The van der Waals surface area contributed by atoms with Gasteiger partial charge in [-0.25, -0.2) is 0 Å². The quantitative estimate of drug-likeness (QED) is 0.859. The minimum Gasteiger partial charge on any atom is -0.355 e. The number of pyridine rings is 1. The van der Waals surface area contributed by atoms with Gasteiger partial charge in [-0.05, 0) is 31.4 Å². The van der Waals surface area contributed by atoms with Crippen LogP contribution in [0.5, 0.6) is 0 Å². The molecular formula is C18H21N5O2. The molecule has 0 aromatic carbocycles. The highest BCUT2D eigenvalue weighted by Gasteiger charge is 2.47. The van der Waals surface area contributed by atoms with E-state index in [1.54, 1.807) is 17.3 Å². The molecule has 7 heteroatoms. The molecule has 4 rings (SSSR count). The number of carbonyl (C=O) groups excluding carboxylic acids is 2. The zero-order valence-electron chi connectivity index (χ0n) is 14.2. The molecule has 1 atom stereocenters. The summed E-state index contributed by atoms with van der Waals surface area (Å²) in [4.78, 5) is 30.9. The second kappa shape index (κ2) is 5.98. The number of aromatic nitrogens is 3. The Morgan fingerprint density at radius 3 is 3.00 bits per heavy atom. The average Bonchev–Trinajstić information content (AvgIpc) is 3.02. The van der Waals surface area contributed by atoms with Crippen molar-refractivity contribution in [3.05, 3.63) is 42.0 Å². The zero-order chi connectivity index (χ0) is 17.4. The molecule has 2 N–H and O–H groups in total. The summed E-state index contributed by atoms with van der Waals surface area (Å²) in [5.74, 6) is -0.412. The molecule has 2 amide bonds. The summed E-state index contributed by atoms with van der Waals surface area (Å²) in [5, 5.41) is 9.62. The molecule has 0 bridgehead atoms. The molecule has 1 unspecified atom stereocenters. The highest BCUT2D eigenvalue weighted by molar-refractivity contribution is 6.00. The second-order valence-electron chi connectivity index (χ2n) is 7.03. The van der Waals surface area contributed by atoms with Gasteiger partial charge in [0, 0.05) is 37.3 Å². The number of carbonyl (C=O) groups is 2. The molecular weight excluding hydrogens is 318 g/mol. The molecule has 25 heavy (non-hydrogen) atoms. The van der Waals surface area contributed by atoms with E-state index in [4.69, 9.17) is 0 Å². The van der Waals surface area contributed by atoms with Gasteiger partial charge >= 0.3 is 0 Å². The van der Waals surface area contributed by atoms with E-state index in [0.717, 1.165) is 24.1 Å². The summed E-state index contributed by atoms with van der Waals surface area (Å²) in [5.41, 5.74) is 2.92. The van der Waals surface area contributed by atoms with Gasteiger partial charge in [0.1, 0.15) is 0 Å². The molecule has 1 saturated heterocycles. The van der Waals surface area contributed by atoms with Crippen LogP contribution in [0, 0.1) is 12.8 Å². The number of amides is 2. The number of rotatable bonds is 5. The maximum absolute atomic E-state index is 12.6. The topological polar surface area (TPSA) is 91.0 Å². The number of aromatic amines is 1. The Morgan fingerprint density at radius 2 is 2.32 bits per heavy atom. The van der Waals surface area contributed by atoms with Crippen molar-refractivity contribution in [2.75, 3.05) is 18.0 Å². The first-order valence-corrected chi connectivity index (χ1v) is 8.58. The molecule has 2 aromatic heterocycles. The summed E-state index contributed by atoms with van der Waals surface area (Å²) in [6.07, 6.45) is 7.39. The molecule has 3 heterocycles. The number of aryl methyl sites for hydroxylation is 1. The maximum atomic E-state index is 12.6. The van der Waals surface area contributed by atoms with Crippen LogP contribution in [0.4, 0.5) is 5.69 Å². The summed E-state index contributed by atoms with van der Waals surface area (Å²) in [6, 6.07) is 3.99. The Balaban J connectivity index is 1.39. The van der Waals surface area contributed by atoms with Crippen molar-refractivity contribution in [1.82, 2.24) is 20.5 Å². The van der Waals surface area contributed by atoms with Gasteiger partial charge in [-0.3, -0.25) is 19.7 Å². The summed E-state index contributed by atoms with van der Waals surface area (Å²) >= 11 is 0. The Kier molecular flexibility index (Phi) is 3.78. The van der Waals surface area contributed by atoms with Crippen LogP contribution >= 0.6 is 0 Å². The van der Waals surface area contributed by atoms with Crippen molar-refractivity contribution in [2.24, 2.45) is 5.92 Å². The molecule has 7 nitrogen and oxygen atoms in total. The fourth-order valence-corrected chi connectivity index (χ4v) is 3.61. The van der Waals surface area contributed by atoms with E-state index in [0.29, 0.717) is 18.8 Å². The monoisotopic (exact) mass is 339 g/mol. The fraction of sp³-hybridized carbons (Fsp3) is 0.444. The predicted molar refractivity (Wildman–Crippen MR) is 91.9 cm³/mol. The Bertz CT molecular complexity index is 798. The minimum atomic E-state index is -0.317. The molecule has 1 saturated carbocycles. The number of hydrogen-bond acceptors (Lipinski definition) is 4. The van der Waals surface area contributed by atoms with Crippen molar-refractivity contribution >= 4 is 17.5 Å². The van der Waals surface area contributed by atoms with Crippen LogP contribution in [0.15, 0.2) is 30.7 Å². The van der Waals surface area contributed by atoms with E-state index in [1.165, 1.54) is 0 Å². The van der Waals surface area contributed by atoms with Crippen LogP contribution in [-0.4, -0.2) is 40.1 Å². The summed E-state index contributed by atoms with van der Waals surface area (Å²) in [6.45, 7) is 3.04. The SMILES string of the molecule is Cc1cccnc1C1(CNC(=O)C2CC(=O)N(c3cn[nH]c3)C2)CC1. The lowest BCUT2D eigenvalue weighted by Crippen LogP contribution is -2.38. The molecule has 2 aliphatic rings. The molecule has 0 radical (unpaired) electrons. The lowest BCUT2D eigenvalue weighted by atomic mass is 9.97. The van der Waals surface area contributed by atoms with Crippen molar-refractivity contribution in [3.63, 3.8) is 0 Å². The van der Waals surface area contributed by atoms with Gasteiger partial charge < -0.3 is 10.2 Å². The summed E-state index contributed by atoms with van der Waals surface area (Å²) in [7, 11) is 0. The normalized spacial score (nSPS) is 21.4. The molecule has 2 aromatic rings. The van der Waals surface area contributed by atoms with Crippen LogP contribution in [0.1, 0.15) is 30.5 Å². The van der Waals surface area contributed by atoms with Gasteiger partial charge in [0.15, 0.2) is 0 Å². The highest BCUT2D eigenvalue weighted by atomic mass is 16.2. The molecule has 130 valence electrons. The van der Waals surface area contributed by atoms with E-state index in [2.05, 4.69) is 33.5 Å². The number of anilines is 1. The van der Waals surface area contributed by atoms with Crippen LogP contribution in [0.2, 0.25) is 0 Å². The van der Waals surface area contributed by atoms with Crippen LogP contribution in [-0.2, 0) is 15.0 Å². The predicted octanol–water partition coefficient (Wildman–Crippen LogP) is 1.31. The van der Waals surface area contributed by atoms with Gasteiger partial charge in [0.2, 0.25) is 11.8 Å². The van der Waals surface area contributed by atoms with Crippen LogP contribution in [0.3, 0.4) is 0 Å². The number of H-pyrrole nitrogens is 1. The van der Waals surface area contributed by atoms with Gasteiger partial charge in [-0.1, -0.05) is 6.07 Å². The van der Waals surface area contributed by atoms with E-state index in [-0.39, 0.29) is 29.6 Å². The molecule has 0 spiro atoms. The lowest BCUT2D eigenvalue weighted by molar-refractivity contribution is -0.126. The third kappa shape index (κ3) is 2.90. The van der Waals surface area contributed by atoms with Gasteiger partial charge in [-0.2, -0.15) is 5.10 Å². The Labute approximate surface area is 145 Å². The first-order valence-electron chi connectivity index (χ1n) is 8.58. The molecule has 1 aliphatic heterocycles. The maximum Gasteiger partial charge on any atom is 0.227 e. The lowest BCUT2D eigenvalue weighted by Gasteiger charge is -2.19. The molecule has 1 aliphatic carbocycles. The molecule has 2 fully saturated rings. The van der Waals surface area contributed by atoms with E-state index >= 15 is 0 Å². The smallest absolute Gasteiger partial charge is 0.227 e. The fourth-order valence-electron chi connectivity index (χ4n) is 3.61. The van der Waals surface area contributed by atoms with E-state index in [9.17, 15) is 9.59 Å². The minimum absolute atomic E-state index is 0.0339. The Hall–Kier alpha value is -2.70. The third-order valence-electron chi connectivity index (χ3n) is 5.26. The first-order chi connectivity index (χ1) is 12.1. The number of hydrogen-bond donors (Lipinski definition) is 2. The van der Waals surface area contributed by atoms with Crippen molar-refractivity contribution in [2.45, 2.75) is 31.6 Å². The van der Waals surface area contributed by atoms with Crippen molar-refractivity contribution in [1.29, 1.82) is 0 Å². The number of nitrogens with one attached hydrogen (secondary N) is 2. The Morgan fingerprint density at radius 1 is 1.48 bits per heavy atom. The standard InChI is InChI=1S/C18H21N5O2/c1-12-3-2-6-19-16(12)18(4-5-18)11-20-17(25)13-7-15(24)23(10-13)14-8-21-22-9-14/h2-3,6,8-9,13H,4-5,7,10-11H2,1H3,(H,20,25)(H,21,22). The van der Waals surface area contributed by atoms with Gasteiger partial charge in [0.25, 0.3) is 0 Å². The van der Waals surface area contributed by atoms with E-state index < -0.39 is 0 Å². The average molecular weight is 339 g/mol. The summed E-state index contributed by atoms with van der Waals surface area (Å²) < 4.78 is 0. The van der Waals surface area contributed by atoms with E-state index in [1.807, 2.05) is 12.3 Å². The highest BCUT2D eigenvalue weighted by Crippen LogP contribution is 2.47. The first kappa shape index (κ1) is 15.8. The second-order valence-corrected chi connectivity index (χ2v) is 7.03. The van der Waals surface area contributed by atoms with Crippen molar-refractivity contribution in [3.8, 4) is 0 Å². The van der Waals surface area contributed by atoms with Gasteiger partial charge in [-0.15, -0.1) is 0 Å². The van der Waals surface area contributed by atoms with Crippen LogP contribution < -0.4 is 10.2 Å². The number of nitrogens with zero attached hydrogens (tertiary/aromatic N) is 3. The van der Waals surface area contributed by atoms with Gasteiger partial charge in [0.05, 0.1) is 23.5 Å². The van der Waals surface area contributed by atoms with Crippen LogP contribution in [0.25, 0.3) is 0 Å². The third-order valence-corrected chi connectivity index (χ3v) is 5.26.